The standard InChI is InChI=1S/C22H29ClN2O3/c1-13(25-11-19(12-25)28-18-4-2-17(23)3-5-18)21(26)24-20-15-6-14-7-16(20)10-22(27,8-14)9-15/h2-5,13-16,19-20,27H,6-12H2,1H3,(H,24,26). The summed E-state index contributed by atoms with van der Waals surface area (Å²) in [5, 5.41) is 14.8. The number of rotatable bonds is 5. The Morgan fingerprint density at radius 3 is 2.46 bits per heavy atom. The predicted octanol–water partition coefficient (Wildman–Crippen LogP) is 2.85. The molecule has 4 bridgehead atoms. The molecule has 1 heterocycles. The molecule has 5 nitrogen and oxygen atoms in total. The molecule has 0 radical (unpaired) electrons. The highest BCUT2D eigenvalue weighted by Gasteiger charge is 2.55. The van der Waals surface area contributed by atoms with Gasteiger partial charge < -0.3 is 15.2 Å². The lowest BCUT2D eigenvalue weighted by atomic mass is 9.52. The zero-order valence-electron chi connectivity index (χ0n) is 16.3. The molecule has 5 aliphatic rings. The average molecular weight is 405 g/mol. The second-order valence-corrected chi connectivity index (χ2v) is 9.99. The Kier molecular flexibility index (Phi) is 4.61. The van der Waals surface area contributed by atoms with Crippen LogP contribution < -0.4 is 10.1 Å². The number of ether oxygens (including phenoxy) is 1. The number of aliphatic hydroxyl groups is 1. The molecule has 5 fully saturated rings. The molecule has 1 aromatic carbocycles. The van der Waals surface area contributed by atoms with Crippen LogP contribution in [-0.2, 0) is 4.79 Å². The van der Waals surface area contributed by atoms with E-state index in [9.17, 15) is 9.90 Å². The van der Waals surface area contributed by atoms with E-state index in [4.69, 9.17) is 16.3 Å². The third-order valence-electron chi connectivity index (χ3n) is 7.47. The molecule has 1 amide bonds. The summed E-state index contributed by atoms with van der Waals surface area (Å²) in [6.07, 6.45) is 5.14. The lowest BCUT2D eigenvalue weighted by Crippen LogP contribution is -2.65. The number of carbonyl (C=O) groups is 1. The van der Waals surface area contributed by atoms with Crippen LogP contribution in [0.4, 0.5) is 0 Å². The second kappa shape index (κ2) is 6.89. The maximum Gasteiger partial charge on any atom is 0.237 e. The quantitative estimate of drug-likeness (QED) is 0.792. The van der Waals surface area contributed by atoms with Crippen LogP contribution in [0.1, 0.15) is 39.0 Å². The van der Waals surface area contributed by atoms with Crippen LogP contribution in [-0.4, -0.2) is 52.8 Å². The first-order valence-electron chi connectivity index (χ1n) is 10.6. The number of nitrogens with one attached hydrogen (secondary N) is 1. The van der Waals surface area contributed by atoms with E-state index in [1.54, 1.807) is 0 Å². The summed E-state index contributed by atoms with van der Waals surface area (Å²) in [5.74, 6) is 2.50. The van der Waals surface area contributed by atoms with Gasteiger partial charge in [0.05, 0.1) is 11.6 Å². The monoisotopic (exact) mass is 404 g/mol. The van der Waals surface area contributed by atoms with Gasteiger partial charge in [0, 0.05) is 24.2 Å². The Morgan fingerprint density at radius 1 is 1.21 bits per heavy atom. The molecule has 6 heteroatoms. The van der Waals surface area contributed by atoms with Crippen molar-refractivity contribution in [2.24, 2.45) is 17.8 Å². The minimum Gasteiger partial charge on any atom is -0.488 e. The van der Waals surface area contributed by atoms with E-state index >= 15 is 0 Å². The van der Waals surface area contributed by atoms with E-state index in [0.717, 1.165) is 38.1 Å². The summed E-state index contributed by atoms with van der Waals surface area (Å²) < 4.78 is 5.94. The van der Waals surface area contributed by atoms with Crippen LogP contribution in [0.5, 0.6) is 5.75 Å². The summed E-state index contributed by atoms with van der Waals surface area (Å²) in [4.78, 5) is 15.0. The van der Waals surface area contributed by atoms with E-state index in [-0.39, 0.29) is 24.1 Å². The normalized spacial score (nSPS) is 38.1. The van der Waals surface area contributed by atoms with Gasteiger partial charge in [-0.3, -0.25) is 9.69 Å². The van der Waals surface area contributed by atoms with Crippen LogP contribution in [0.25, 0.3) is 0 Å². The third-order valence-corrected chi connectivity index (χ3v) is 7.72. The Morgan fingerprint density at radius 2 is 1.86 bits per heavy atom. The van der Waals surface area contributed by atoms with E-state index in [1.165, 1.54) is 12.8 Å². The van der Waals surface area contributed by atoms with Crippen molar-refractivity contribution in [1.82, 2.24) is 10.2 Å². The van der Waals surface area contributed by atoms with Crippen molar-refractivity contribution in [3.05, 3.63) is 29.3 Å². The van der Waals surface area contributed by atoms with Crippen molar-refractivity contribution < 1.29 is 14.6 Å². The largest absolute Gasteiger partial charge is 0.488 e. The van der Waals surface area contributed by atoms with Gasteiger partial charge in [-0.05, 0) is 81.0 Å². The Bertz CT molecular complexity index is 733. The zero-order valence-corrected chi connectivity index (χ0v) is 17.1. The molecule has 4 aliphatic carbocycles. The zero-order chi connectivity index (χ0) is 19.5. The van der Waals surface area contributed by atoms with Crippen LogP contribution in [0.15, 0.2) is 24.3 Å². The number of benzene rings is 1. The highest BCUT2D eigenvalue weighted by Crippen LogP contribution is 2.55. The SMILES string of the molecule is CC(C(=O)NC1C2CC3CC1CC(O)(C3)C2)N1CC(Oc2ccc(Cl)cc2)C1. The summed E-state index contributed by atoms with van der Waals surface area (Å²) in [6.45, 7) is 3.50. The molecule has 28 heavy (non-hydrogen) atoms. The molecule has 1 saturated heterocycles. The lowest BCUT2D eigenvalue weighted by molar-refractivity contribution is -0.150. The van der Waals surface area contributed by atoms with Crippen molar-refractivity contribution in [1.29, 1.82) is 0 Å². The summed E-state index contributed by atoms with van der Waals surface area (Å²) in [7, 11) is 0. The van der Waals surface area contributed by atoms with Crippen LogP contribution in [0, 0.1) is 17.8 Å². The molecule has 3 unspecified atom stereocenters. The minimum atomic E-state index is -0.451. The molecule has 0 spiro atoms. The van der Waals surface area contributed by atoms with Crippen molar-refractivity contribution >= 4 is 17.5 Å². The van der Waals surface area contributed by atoms with Crippen molar-refractivity contribution in [3.8, 4) is 5.75 Å². The van der Waals surface area contributed by atoms with Gasteiger partial charge in [-0.25, -0.2) is 0 Å². The predicted molar refractivity (Wildman–Crippen MR) is 107 cm³/mol. The van der Waals surface area contributed by atoms with Gasteiger partial charge in [-0.15, -0.1) is 0 Å². The maximum atomic E-state index is 12.9. The summed E-state index contributed by atoms with van der Waals surface area (Å²) in [5.41, 5.74) is -0.451. The lowest BCUT2D eigenvalue weighted by Gasteiger charge is -2.58. The van der Waals surface area contributed by atoms with Crippen LogP contribution in [0.2, 0.25) is 5.02 Å². The van der Waals surface area contributed by atoms with E-state index in [2.05, 4.69) is 10.2 Å². The number of amides is 1. The first-order chi connectivity index (χ1) is 13.4. The number of nitrogens with zero attached hydrogens (tertiary/aromatic N) is 1. The van der Waals surface area contributed by atoms with E-state index < -0.39 is 5.60 Å². The van der Waals surface area contributed by atoms with Crippen LogP contribution >= 0.6 is 11.6 Å². The minimum absolute atomic E-state index is 0.117. The van der Waals surface area contributed by atoms with Gasteiger partial charge in [0.25, 0.3) is 0 Å². The first-order valence-corrected chi connectivity index (χ1v) is 11.0. The first kappa shape index (κ1) is 18.7. The van der Waals surface area contributed by atoms with Gasteiger partial charge in [0.1, 0.15) is 11.9 Å². The number of hydrogen-bond acceptors (Lipinski definition) is 4. The van der Waals surface area contributed by atoms with E-state index in [0.29, 0.717) is 22.8 Å². The summed E-state index contributed by atoms with van der Waals surface area (Å²) in [6, 6.07) is 7.50. The molecule has 6 rings (SSSR count). The fourth-order valence-corrected chi connectivity index (χ4v) is 6.36. The Hall–Kier alpha value is -1.30. The number of halogens is 1. The number of carbonyl (C=O) groups excluding carboxylic acids is 1. The smallest absolute Gasteiger partial charge is 0.237 e. The molecular weight excluding hydrogens is 376 g/mol. The maximum absolute atomic E-state index is 12.9. The molecule has 4 saturated carbocycles. The average Bonchev–Trinajstić information content (AvgIpc) is 2.60. The van der Waals surface area contributed by atoms with Crippen molar-refractivity contribution in [2.75, 3.05) is 13.1 Å². The molecule has 2 N–H and O–H groups in total. The molecule has 0 aromatic heterocycles. The van der Waals surface area contributed by atoms with Gasteiger partial charge in [0.15, 0.2) is 0 Å². The van der Waals surface area contributed by atoms with Gasteiger partial charge >= 0.3 is 0 Å². The fourth-order valence-electron chi connectivity index (χ4n) is 6.23. The second-order valence-electron chi connectivity index (χ2n) is 9.55. The summed E-state index contributed by atoms with van der Waals surface area (Å²) >= 11 is 5.91. The Labute approximate surface area is 171 Å². The van der Waals surface area contributed by atoms with Crippen molar-refractivity contribution in [2.45, 2.75) is 62.8 Å². The molecule has 1 aromatic rings. The van der Waals surface area contributed by atoms with Gasteiger partial charge in [-0.1, -0.05) is 11.6 Å². The third kappa shape index (κ3) is 3.42. The van der Waals surface area contributed by atoms with Crippen LogP contribution in [0.3, 0.4) is 0 Å². The molecular formula is C22H29ClN2O3. The highest BCUT2D eigenvalue weighted by atomic mass is 35.5. The molecule has 152 valence electrons. The highest BCUT2D eigenvalue weighted by molar-refractivity contribution is 6.30. The van der Waals surface area contributed by atoms with Crippen molar-refractivity contribution in [3.63, 3.8) is 0 Å². The van der Waals surface area contributed by atoms with Gasteiger partial charge in [-0.2, -0.15) is 0 Å². The van der Waals surface area contributed by atoms with E-state index in [1.807, 2.05) is 31.2 Å². The molecule has 1 aliphatic heterocycles. The Balaban J connectivity index is 1.13. The number of likely N-dealkylation sites (tertiary alicyclic amines) is 1. The fraction of sp³-hybridized carbons (Fsp3) is 0.682. The van der Waals surface area contributed by atoms with Gasteiger partial charge in [0.2, 0.25) is 5.91 Å². The topological polar surface area (TPSA) is 61.8 Å². The number of hydrogen-bond donors (Lipinski definition) is 2. The molecule has 3 atom stereocenters.